The first-order valence-electron chi connectivity index (χ1n) is 4.98. The van der Waals surface area contributed by atoms with E-state index in [2.05, 4.69) is 9.71 Å². The number of nitrogens with one attached hydrogen (secondary N) is 2. The molecule has 10 heteroatoms. The van der Waals surface area contributed by atoms with Gasteiger partial charge in [0.05, 0.1) is 4.92 Å². The van der Waals surface area contributed by atoms with Gasteiger partial charge in [0.2, 0.25) is 5.82 Å². The minimum atomic E-state index is -3.87. The Morgan fingerprint density at radius 3 is 2.67 bits per heavy atom. The van der Waals surface area contributed by atoms with E-state index in [1.54, 1.807) is 0 Å². The summed E-state index contributed by atoms with van der Waals surface area (Å²) in [6.45, 7) is 0. The number of anilines is 1. The number of rotatable bonds is 5. The zero-order valence-electron chi connectivity index (χ0n) is 8.96. The molecule has 2 N–H and O–H groups in total. The Labute approximate surface area is 108 Å². The van der Waals surface area contributed by atoms with E-state index in [-0.39, 0.29) is 11.2 Å². The van der Waals surface area contributed by atoms with Gasteiger partial charge in [0.1, 0.15) is 5.15 Å². The molecule has 0 aliphatic heterocycles. The molecule has 1 aromatic rings. The fraction of sp³-hybridized carbons (Fsp3) is 0.375. The van der Waals surface area contributed by atoms with Crippen LogP contribution in [0.3, 0.4) is 0 Å². The van der Waals surface area contributed by atoms with Crippen LogP contribution in [0.5, 0.6) is 0 Å². The molecule has 1 saturated carbocycles. The number of hydrogen-bond donors (Lipinski definition) is 2. The number of halogens is 1. The van der Waals surface area contributed by atoms with Crippen LogP contribution >= 0.6 is 11.6 Å². The standard InChI is InChI=1S/C8H9ClN4O4S/c9-7-4-3-6(13(14)15)8(10-7)12-18(16,17)11-5-1-2-5/h3-5,11H,1-2H2,(H,10,12). The van der Waals surface area contributed by atoms with E-state index in [0.29, 0.717) is 0 Å². The Bertz CT molecular complexity index is 587. The molecule has 1 aromatic heterocycles. The van der Waals surface area contributed by atoms with Crippen molar-refractivity contribution in [3.63, 3.8) is 0 Å². The average molecular weight is 293 g/mol. The Morgan fingerprint density at radius 2 is 2.11 bits per heavy atom. The van der Waals surface area contributed by atoms with Crippen molar-refractivity contribution in [3.05, 3.63) is 27.4 Å². The van der Waals surface area contributed by atoms with Crippen molar-refractivity contribution in [1.82, 2.24) is 9.71 Å². The molecule has 1 aliphatic carbocycles. The lowest BCUT2D eigenvalue weighted by Gasteiger charge is -2.08. The topological polar surface area (TPSA) is 114 Å². The summed E-state index contributed by atoms with van der Waals surface area (Å²) in [4.78, 5) is 13.6. The highest BCUT2D eigenvalue weighted by molar-refractivity contribution is 7.90. The normalized spacial score (nSPS) is 15.4. The molecule has 0 atom stereocenters. The van der Waals surface area contributed by atoms with Crippen LogP contribution in [0.25, 0.3) is 0 Å². The summed E-state index contributed by atoms with van der Waals surface area (Å²) >= 11 is 5.58. The van der Waals surface area contributed by atoms with Crippen molar-refractivity contribution in [2.75, 3.05) is 4.72 Å². The molecule has 0 aromatic carbocycles. The quantitative estimate of drug-likeness (QED) is 0.478. The van der Waals surface area contributed by atoms with Gasteiger partial charge in [-0.05, 0) is 18.9 Å². The zero-order chi connectivity index (χ0) is 13.3. The largest absolute Gasteiger partial charge is 0.312 e. The number of aromatic nitrogens is 1. The molecule has 2 rings (SSSR count). The molecule has 0 spiro atoms. The lowest BCUT2D eigenvalue weighted by molar-refractivity contribution is -0.384. The van der Waals surface area contributed by atoms with Crippen molar-refractivity contribution in [2.24, 2.45) is 0 Å². The third-order valence-corrected chi connectivity index (χ3v) is 3.48. The Kier molecular flexibility index (Phi) is 3.37. The monoisotopic (exact) mass is 292 g/mol. The number of nitrogens with zero attached hydrogens (tertiary/aromatic N) is 2. The molecule has 0 bridgehead atoms. The molecule has 98 valence electrons. The van der Waals surface area contributed by atoms with Crippen molar-refractivity contribution in [2.45, 2.75) is 18.9 Å². The summed E-state index contributed by atoms with van der Waals surface area (Å²) in [6.07, 6.45) is 1.51. The van der Waals surface area contributed by atoms with Crippen LogP contribution in [0.15, 0.2) is 12.1 Å². The summed E-state index contributed by atoms with van der Waals surface area (Å²) in [5.74, 6) is -0.402. The lowest BCUT2D eigenvalue weighted by atomic mass is 10.4. The molecule has 0 unspecified atom stereocenters. The van der Waals surface area contributed by atoms with Crippen molar-refractivity contribution >= 4 is 33.3 Å². The maximum atomic E-state index is 11.6. The van der Waals surface area contributed by atoms with Gasteiger partial charge in [-0.25, -0.2) is 9.71 Å². The first-order chi connectivity index (χ1) is 8.37. The molecule has 0 radical (unpaired) electrons. The Morgan fingerprint density at radius 1 is 1.44 bits per heavy atom. The smallest absolute Gasteiger partial charge is 0.258 e. The fourth-order valence-electron chi connectivity index (χ4n) is 1.23. The molecular formula is C8H9ClN4O4S. The fourth-order valence-corrected chi connectivity index (χ4v) is 2.51. The predicted octanol–water partition coefficient (Wildman–Crippen LogP) is 1.05. The van der Waals surface area contributed by atoms with Crippen LogP contribution in [0, 0.1) is 10.1 Å². The van der Waals surface area contributed by atoms with Crippen LogP contribution in [0.4, 0.5) is 11.5 Å². The highest BCUT2D eigenvalue weighted by Crippen LogP contribution is 2.25. The highest BCUT2D eigenvalue weighted by atomic mass is 35.5. The number of nitro groups is 1. The van der Waals surface area contributed by atoms with Crippen LogP contribution < -0.4 is 9.44 Å². The van der Waals surface area contributed by atoms with E-state index in [9.17, 15) is 18.5 Å². The summed E-state index contributed by atoms with van der Waals surface area (Å²) < 4.78 is 27.5. The second kappa shape index (κ2) is 4.67. The van der Waals surface area contributed by atoms with E-state index >= 15 is 0 Å². The number of hydrogen-bond acceptors (Lipinski definition) is 5. The second-order valence-electron chi connectivity index (χ2n) is 3.76. The summed E-state index contributed by atoms with van der Waals surface area (Å²) in [5, 5.41) is 10.7. The second-order valence-corrected chi connectivity index (χ2v) is 5.59. The Balaban J connectivity index is 2.26. The lowest BCUT2D eigenvalue weighted by Crippen LogP contribution is -2.32. The molecule has 1 heterocycles. The van der Waals surface area contributed by atoms with Gasteiger partial charge in [-0.3, -0.25) is 10.1 Å². The maximum absolute atomic E-state index is 11.6. The summed E-state index contributed by atoms with van der Waals surface area (Å²) in [6, 6.07) is 2.19. The minimum Gasteiger partial charge on any atom is -0.258 e. The molecule has 0 saturated heterocycles. The minimum absolute atomic E-state index is 0.0373. The first kappa shape index (κ1) is 13.0. The highest BCUT2D eigenvalue weighted by Gasteiger charge is 2.28. The summed E-state index contributed by atoms with van der Waals surface area (Å²) in [7, 11) is -3.87. The van der Waals surface area contributed by atoms with E-state index in [1.807, 2.05) is 4.72 Å². The van der Waals surface area contributed by atoms with Crippen molar-refractivity contribution in [1.29, 1.82) is 0 Å². The van der Waals surface area contributed by atoms with Crippen LogP contribution in [-0.2, 0) is 10.2 Å². The third-order valence-electron chi connectivity index (χ3n) is 2.17. The van der Waals surface area contributed by atoms with Gasteiger partial charge in [0, 0.05) is 12.1 Å². The van der Waals surface area contributed by atoms with Crippen molar-refractivity contribution in [3.8, 4) is 0 Å². The zero-order valence-corrected chi connectivity index (χ0v) is 10.5. The Hall–Kier alpha value is -1.45. The third kappa shape index (κ3) is 3.28. The van der Waals surface area contributed by atoms with Gasteiger partial charge < -0.3 is 0 Å². The van der Waals surface area contributed by atoms with E-state index in [0.717, 1.165) is 18.9 Å². The van der Waals surface area contributed by atoms with Gasteiger partial charge in [0.15, 0.2) is 0 Å². The SMILES string of the molecule is O=[N+]([O-])c1ccc(Cl)nc1NS(=O)(=O)NC1CC1. The van der Waals surface area contributed by atoms with E-state index < -0.39 is 26.6 Å². The van der Waals surface area contributed by atoms with Crippen LogP contribution in [0.1, 0.15) is 12.8 Å². The van der Waals surface area contributed by atoms with Crippen LogP contribution in [-0.4, -0.2) is 24.4 Å². The predicted molar refractivity (Wildman–Crippen MR) is 64.6 cm³/mol. The van der Waals surface area contributed by atoms with Crippen LogP contribution in [0.2, 0.25) is 5.15 Å². The van der Waals surface area contributed by atoms with Gasteiger partial charge >= 0.3 is 15.9 Å². The molecule has 1 fully saturated rings. The van der Waals surface area contributed by atoms with E-state index in [1.165, 1.54) is 6.07 Å². The molecule has 1 aliphatic rings. The molecule has 0 amide bonds. The first-order valence-corrected chi connectivity index (χ1v) is 6.84. The van der Waals surface area contributed by atoms with Gasteiger partial charge in [0.25, 0.3) is 0 Å². The molecular weight excluding hydrogens is 284 g/mol. The molecule has 18 heavy (non-hydrogen) atoms. The number of pyridine rings is 1. The average Bonchev–Trinajstić information content (AvgIpc) is 2.99. The summed E-state index contributed by atoms with van der Waals surface area (Å²) in [5.41, 5.74) is -0.458. The van der Waals surface area contributed by atoms with E-state index in [4.69, 9.17) is 11.6 Å². The molecule has 8 nitrogen and oxygen atoms in total. The maximum Gasteiger partial charge on any atom is 0.312 e. The van der Waals surface area contributed by atoms with Gasteiger partial charge in [-0.15, -0.1) is 0 Å². The van der Waals surface area contributed by atoms with Crippen molar-refractivity contribution < 1.29 is 13.3 Å². The van der Waals surface area contributed by atoms with Gasteiger partial charge in [-0.2, -0.15) is 13.1 Å². The van der Waals surface area contributed by atoms with Gasteiger partial charge in [-0.1, -0.05) is 11.6 Å².